The third-order valence-corrected chi connectivity index (χ3v) is 5.20. The molecule has 0 spiro atoms. The summed E-state index contributed by atoms with van der Waals surface area (Å²) in [5, 5.41) is 19.2. The van der Waals surface area contributed by atoms with Gasteiger partial charge >= 0.3 is 0 Å². The van der Waals surface area contributed by atoms with Gasteiger partial charge in [0.15, 0.2) is 5.82 Å². The van der Waals surface area contributed by atoms with Crippen LogP contribution in [0.1, 0.15) is 35.8 Å². The van der Waals surface area contributed by atoms with E-state index in [2.05, 4.69) is 25.9 Å². The van der Waals surface area contributed by atoms with Gasteiger partial charge in [-0.1, -0.05) is 0 Å². The Labute approximate surface area is 181 Å². The van der Waals surface area contributed by atoms with E-state index in [1.54, 1.807) is 30.6 Å². The molecule has 0 radical (unpaired) electrons. The monoisotopic (exact) mass is 416 g/mol. The zero-order valence-electron chi connectivity index (χ0n) is 17.3. The zero-order chi connectivity index (χ0) is 21.8. The topological polar surface area (TPSA) is 121 Å². The molecule has 31 heavy (non-hydrogen) atoms. The Hall–Kier alpha value is -3.54. The van der Waals surface area contributed by atoms with Crippen LogP contribution in [0.3, 0.4) is 0 Å². The number of hydrogen-bond acceptors (Lipinski definition) is 8. The third-order valence-electron chi connectivity index (χ3n) is 5.20. The molecule has 0 unspecified atom stereocenters. The van der Waals surface area contributed by atoms with Crippen LogP contribution < -0.4 is 15.4 Å². The molecule has 0 aliphatic carbocycles. The molecule has 2 aromatic heterocycles. The van der Waals surface area contributed by atoms with Crippen LogP contribution in [0.4, 0.5) is 5.82 Å². The van der Waals surface area contributed by atoms with Crippen LogP contribution in [-0.2, 0) is 0 Å². The summed E-state index contributed by atoms with van der Waals surface area (Å²) in [5.41, 5.74) is 8.01. The molecule has 8 nitrogen and oxygen atoms in total. The maximum atomic E-state index is 9.87. The fourth-order valence-corrected chi connectivity index (χ4v) is 3.56. The lowest BCUT2D eigenvalue weighted by atomic mass is 10.1. The third kappa shape index (κ3) is 4.63. The molecule has 3 aromatic rings. The lowest BCUT2D eigenvalue weighted by molar-refractivity contribution is 0.186. The van der Waals surface area contributed by atoms with Gasteiger partial charge in [-0.25, -0.2) is 15.0 Å². The van der Waals surface area contributed by atoms with E-state index < -0.39 is 6.10 Å². The van der Waals surface area contributed by atoms with Gasteiger partial charge in [0.2, 0.25) is 0 Å². The van der Waals surface area contributed by atoms with Crippen LogP contribution in [0.2, 0.25) is 0 Å². The summed E-state index contributed by atoms with van der Waals surface area (Å²) in [6.07, 6.45) is 4.60. The summed E-state index contributed by atoms with van der Waals surface area (Å²) in [7, 11) is 0. The smallest absolute Gasteiger partial charge is 0.162 e. The van der Waals surface area contributed by atoms with Crippen LogP contribution >= 0.6 is 0 Å². The van der Waals surface area contributed by atoms with Crippen LogP contribution in [-0.4, -0.2) is 39.7 Å². The average Bonchev–Trinajstić information content (AvgIpc) is 3.33. The number of nitriles is 1. The van der Waals surface area contributed by atoms with E-state index in [1.807, 2.05) is 19.1 Å². The number of benzene rings is 1. The number of ether oxygens (including phenoxy) is 1. The van der Waals surface area contributed by atoms with Crippen molar-refractivity contribution in [1.82, 2.24) is 15.0 Å². The van der Waals surface area contributed by atoms with Gasteiger partial charge in [0.25, 0.3) is 0 Å². The summed E-state index contributed by atoms with van der Waals surface area (Å²) in [4.78, 5) is 15.6. The first-order valence-electron chi connectivity index (χ1n) is 10.2. The number of rotatable bonds is 6. The highest BCUT2D eigenvalue weighted by Gasteiger charge is 2.17. The maximum Gasteiger partial charge on any atom is 0.162 e. The molecule has 0 saturated carbocycles. The molecule has 0 amide bonds. The number of aryl methyl sites for hydroxylation is 1. The van der Waals surface area contributed by atoms with Crippen LogP contribution in [0, 0.1) is 18.3 Å². The molecule has 1 aliphatic rings. The number of nitrogens with two attached hydrogens (primary N) is 1. The Bertz CT molecular complexity index is 1100. The van der Waals surface area contributed by atoms with Crippen molar-refractivity contribution in [2.45, 2.75) is 25.9 Å². The fraction of sp³-hybridized carbons (Fsp3) is 0.304. The highest BCUT2D eigenvalue weighted by Crippen LogP contribution is 2.34. The van der Waals surface area contributed by atoms with E-state index >= 15 is 0 Å². The lowest BCUT2D eigenvalue weighted by Crippen LogP contribution is -2.19. The highest BCUT2D eigenvalue weighted by atomic mass is 16.5. The molecule has 4 rings (SSSR count). The van der Waals surface area contributed by atoms with E-state index in [0.717, 1.165) is 37.4 Å². The second-order valence-corrected chi connectivity index (χ2v) is 7.51. The van der Waals surface area contributed by atoms with Crippen molar-refractivity contribution in [3.8, 4) is 29.0 Å². The molecule has 3 N–H and O–H groups in total. The minimum Gasteiger partial charge on any atom is -0.456 e. The van der Waals surface area contributed by atoms with Crippen molar-refractivity contribution in [2.75, 3.05) is 24.5 Å². The van der Waals surface area contributed by atoms with Gasteiger partial charge in [-0.05, 0) is 38.0 Å². The molecule has 158 valence electrons. The maximum absolute atomic E-state index is 9.87. The Morgan fingerprint density at radius 1 is 1.19 bits per heavy atom. The number of hydrogen-bond donors (Lipinski definition) is 2. The first kappa shape index (κ1) is 20.7. The van der Waals surface area contributed by atoms with Gasteiger partial charge in [0.1, 0.15) is 17.3 Å². The van der Waals surface area contributed by atoms with Crippen molar-refractivity contribution in [2.24, 2.45) is 5.73 Å². The molecular weight excluding hydrogens is 392 g/mol. The van der Waals surface area contributed by atoms with Gasteiger partial charge < -0.3 is 20.5 Å². The number of pyridine rings is 1. The van der Waals surface area contributed by atoms with E-state index in [4.69, 9.17) is 10.5 Å². The quantitative estimate of drug-likeness (QED) is 0.629. The van der Waals surface area contributed by atoms with Gasteiger partial charge in [0.05, 0.1) is 23.3 Å². The van der Waals surface area contributed by atoms with Crippen LogP contribution in [0.5, 0.6) is 11.5 Å². The second kappa shape index (κ2) is 9.08. The Morgan fingerprint density at radius 3 is 2.61 bits per heavy atom. The van der Waals surface area contributed by atoms with Crippen molar-refractivity contribution >= 4 is 5.82 Å². The molecule has 0 bridgehead atoms. The van der Waals surface area contributed by atoms with E-state index in [9.17, 15) is 10.4 Å². The fourth-order valence-electron chi connectivity index (χ4n) is 3.56. The molecule has 1 aromatic carbocycles. The minimum atomic E-state index is -0.811. The number of aromatic nitrogens is 3. The number of aliphatic hydroxyl groups is 1. The molecule has 1 aliphatic heterocycles. The van der Waals surface area contributed by atoms with E-state index in [1.165, 1.54) is 0 Å². The van der Waals surface area contributed by atoms with Gasteiger partial charge in [-0.3, -0.25) is 0 Å². The van der Waals surface area contributed by atoms with Crippen molar-refractivity contribution in [3.63, 3.8) is 0 Å². The predicted octanol–water partition coefficient (Wildman–Crippen LogP) is 3.10. The highest BCUT2D eigenvalue weighted by molar-refractivity contribution is 5.66. The van der Waals surface area contributed by atoms with E-state index in [0.29, 0.717) is 34.0 Å². The zero-order valence-corrected chi connectivity index (χ0v) is 17.3. The van der Waals surface area contributed by atoms with E-state index in [-0.39, 0.29) is 6.54 Å². The summed E-state index contributed by atoms with van der Waals surface area (Å²) in [6.45, 7) is 4.00. The van der Waals surface area contributed by atoms with Crippen LogP contribution in [0.25, 0.3) is 11.4 Å². The number of nitrogens with zero attached hydrogens (tertiary/aromatic N) is 5. The first-order chi connectivity index (χ1) is 15.1. The van der Waals surface area contributed by atoms with Crippen molar-refractivity contribution in [1.29, 1.82) is 5.26 Å². The normalized spacial score (nSPS) is 14.3. The molecule has 1 saturated heterocycles. The largest absolute Gasteiger partial charge is 0.456 e. The van der Waals surface area contributed by atoms with Gasteiger partial charge in [-0.2, -0.15) is 5.26 Å². The van der Waals surface area contributed by atoms with Gasteiger partial charge in [0, 0.05) is 55.4 Å². The van der Waals surface area contributed by atoms with Crippen LogP contribution in [0.15, 0.2) is 42.7 Å². The average molecular weight is 416 g/mol. The predicted molar refractivity (Wildman–Crippen MR) is 117 cm³/mol. The molecule has 3 heterocycles. The first-order valence-corrected chi connectivity index (χ1v) is 10.2. The Kier molecular flexibility index (Phi) is 6.07. The van der Waals surface area contributed by atoms with Gasteiger partial charge in [-0.15, -0.1) is 0 Å². The second-order valence-electron chi connectivity index (χ2n) is 7.51. The molecule has 1 atom stereocenters. The van der Waals surface area contributed by atoms with Crippen molar-refractivity contribution in [3.05, 3.63) is 59.5 Å². The summed E-state index contributed by atoms with van der Waals surface area (Å²) >= 11 is 0. The lowest BCUT2D eigenvalue weighted by Gasteiger charge is -2.18. The standard InChI is InChI=1S/C23H24N6O2/c1-15-8-18(10-22(28-15)29-6-2-3-7-29)31-21-9-16(11-24)4-5-19(21)23-26-13-17(14-27-23)20(30)12-25/h4-5,8-10,13-14,20,30H,2-3,6-7,12,25H2,1H3/t20-/m1/s1. The summed E-state index contributed by atoms with van der Waals surface area (Å²) < 4.78 is 6.22. The Balaban J connectivity index is 1.69. The SMILES string of the molecule is Cc1cc(Oc2cc(C#N)ccc2-c2ncc([C@H](O)CN)cn2)cc(N2CCCC2)n1. The van der Waals surface area contributed by atoms with Crippen molar-refractivity contribution < 1.29 is 9.84 Å². The number of aliphatic hydroxyl groups excluding tert-OH is 1. The minimum absolute atomic E-state index is 0.0919. The summed E-state index contributed by atoms with van der Waals surface area (Å²) in [6, 6.07) is 11.1. The molecular formula is C23H24N6O2. The molecule has 1 fully saturated rings. The summed E-state index contributed by atoms with van der Waals surface area (Å²) in [5.74, 6) is 2.44. The Morgan fingerprint density at radius 2 is 1.94 bits per heavy atom. The molecule has 8 heteroatoms. The number of anilines is 1.